The van der Waals surface area contributed by atoms with Gasteiger partial charge in [0.1, 0.15) is 12.4 Å². The number of aryl methyl sites for hydroxylation is 2. The number of nitrogens with one attached hydrogen (secondary N) is 1. The van der Waals surface area contributed by atoms with Gasteiger partial charge in [0.2, 0.25) is 0 Å². The second-order valence-corrected chi connectivity index (χ2v) is 6.10. The second kappa shape index (κ2) is 8.27. The summed E-state index contributed by atoms with van der Waals surface area (Å²) in [5.74, 6) is 1.33. The smallest absolute Gasteiger partial charge is 0.255 e. The van der Waals surface area contributed by atoms with Crippen molar-refractivity contribution in [3.63, 3.8) is 0 Å². The molecule has 0 radical (unpaired) electrons. The molecule has 3 rings (SSSR count). The Morgan fingerprint density at radius 2 is 2.04 bits per heavy atom. The Morgan fingerprint density at radius 1 is 1.21 bits per heavy atom. The molecule has 3 aromatic rings. The first-order chi connectivity index (χ1) is 13.5. The second-order valence-electron chi connectivity index (χ2n) is 6.10. The fourth-order valence-corrected chi connectivity index (χ4v) is 2.66. The third kappa shape index (κ3) is 4.13. The van der Waals surface area contributed by atoms with Gasteiger partial charge in [-0.25, -0.2) is 0 Å². The lowest BCUT2D eigenvalue weighted by atomic mass is 10.1. The molecule has 0 spiro atoms. The number of hydrogen-bond donors (Lipinski definition) is 1. The first kappa shape index (κ1) is 19.0. The number of amides is 1. The van der Waals surface area contributed by atoms with E-state index < -0.39 is 0 Å². The minimum absolute atomic E-state index is 0.282. The highest BCUT2D eigenvalue weighted by atomic mass is 16.5. The zero-order chi connectivity index (χ0) is 20.1. The topological polar surface area (TPSA) is 97.4 Å². The van der Waals surface area contributed by atoms with Crippen LogP contribution in [0.15, 0.2) is 47.0 Å². The number of methoxy groups -OCH3 is 1. The average Bonchev–Trinajstić information content (AvgIpc) is 3.03. The van der Waals surface area contributed by atoms with Gasteiger partial charge in [-0.2, -0.15) is 5.26 Å². The van der Waals surface area contributed by atoms with E-state index in [0.29, 0.717) is 34.1 Å². The fraction of sp³-hybridized carbons (Fsp3) is 0.190. The molecule has 142 valence electrons. The van der Waals surface area contributed by atoms with Crippen molar-refractivity contribution in [3.05, 3.63) is 70.6 Å². The van der Waals surface area contributed by atoms with Crippen molar-refractivity contribution < 1.29 is 18.8 Å². The third-order valence-corrected chi connectivity index (χ3v) is 4.23. The number of rotatable bonds is 6. The van der Waals surface area contributed by atoms with Crippen LogP contribution in [0.1, 0.15) is 32.9 Å². The number of carbonyl (C=O) groups excluding carboxylic acids is 1. The quantitative estimate of drug-likeness (QED) is 0.697. The summed E-state index contributed by atoms with van der Waals surface area (Å²) < 4.78 is 16.3. The Bertz CT molecular complexity index is 1030. The Kier molecular flexibility index (Phi) is 5.61. The number of anilines is 1. The Morgan fingerprint density at radius 3 is 2.71 bits per heavy atom. The molecule has 0 unspecified atom stereocenters. The largest absolute Gasteiger partial charge is 0.493 e. The monoisotopic (exact) mass is 377 g/mol. The van der Waals surface area contributed by atoms with E-state index in [2.05, 4.69) is 10.5 Å². The van der Waals surface area contributed by atoms with E-state index >= 15 is 0 Å². The summed E-state index contributed by atoms with van der Waals surface area (Å²) in [7, 11) is 1.51. The van der Waals surface area contributed by atoms with Crippen molar-refractivity contribution >= 4 is 11.6 Å². The molecule has 7 nitrogen and oxygen atoms in total. The van der Waals surface area contributed by atoms with Gasteiger partial charge in [-0.05, 0) is 50.2 Å². The zero-order valence-corrected chi connectivity index (χ0v) is 15.8. The van der Waals surface area contributed by atoms with Gasteiger partial charge in [0.25, 0.3) is 5.91 Å². The van der Waals surface area contributed by atoms with Crippen molar-refractivity contribution in [3.8, 4) is 17.6 Å². The average molecular weight is 377 g/mol. The van der Waals surface area contributed by atoms with E-state index in [9.17, 15) is 4.79 Å². The third-order valence-electron chi connectivity index (χ3n) is 4.23. The molecule has 1 aromatic heterocycles. The summed E-state index contributed by atoms with van der Waals surface area (Å²) in [6.45, 7) is 3.95. The van der Waals surface area contributed by atoms with Gasteiger partial charge in [0.15, 0.2) is 11.5 Å². The molecule has 0 saturated carbocycles. The van der Waals surface area contributed by atoms with Gasteiger partial charge >= 0.3 is 0 Å². The molecule has 1 amide bonds. The molecule has 0 fully saturated rings. The number of nitrogens with zero attached hydrogens (tertiary/aromatic N) is 2. The molecule has 7 heteroatoms. The summed E-state index contributed by atoms with van der Waals surface area (Å²) in [6, 6.07) is 13.7. The van der Waals surface area contributed by atoms with Crippen LogP contribution >= 0.6 is 0 Å². The van der Waals surface area contributed by atoms with Gasteiger partial charge < -0.3 is 19.3 Å². The number of ether oxygens (including phenoxy) is 2. The maximum Gasteiger partial charge on any atom is 0.255 e. The number of benzene rings is 2. The van der Waals surface area contributed by atoms with E-state index in [0.717, 1.165) is 11.3 Å². The van der Waals surface area contributed by atoms with E-state index in [1.807, 2.05) is 19.9 Å². The van der Waals surface area contributed by atoms with Crippen LogP contribution in [0.4, 0.5) is 5.69 Å². The first-order valence-electron chi connectivity index (χ1n) is 8.56. The van der Waals surface area contributed by atoms with Gasteiger partial charge in [0.05, 0.1) is 30.0 Å². The van der Waals surface area contributed by atoms with E-state index in [1.54, 1.807) is 42.5 Å². The van der Waals surface area contributed by atoms with Crippen LogP contribution in [0.5, 0.6) is 11.5 Å². The Labute approximate surface area is 162 Å². The number of nitriles is 1. The highest BCUT2D eigenvalue weighted by Gasteiger charge is 2.14. The molecule has 0 bridgehead atoms. The summed E-state index contributed by atoms with van der Waals surface area (Å²) in [6.07, 6.45) is 0. The molecule has 0 atom stereocenters. The lowest BCUT2D eigenvalue weighted by molar-refractivity contribution is 0.102. The highest BCUT2D eigenvalue weighted by Crippen LogP contribution is 2.30. The maximum atomic E-state index is 12.5. The van der Waals surface area contributed by atoms with Crippen LogP contribution < -0.4 is 14.8 Å². The summed E-state index contributed by atoms with van der Waals surface area (Å²) in [5.41, 5.74) is 3.07. The normalized spacial score (nSPS) is 10.2. The zero-order valence-electron chi connectivity index (χ0n) is 15.8. The minimum Gasteiger partial charge on any atom is -0.493 e. The predicted octanol–water partition coefficient (Wildman–Crippen LogP) is 4.00. The molecule has 1 heterocycles. The van der Waals surface area contributed by atoms with Crippen LogP contribution in [-0.2, 0) is 6.61 Å². The molecule has 28 heavy (non-hydrogen) atoms. The van der Waals surface area contributed by atoms with E-state index in [-0.39, 0.29) is 12.5 Å². The van der Waals surface area contributed by atoms with Crippen LogP contribution in [-0.4, -0.2) is 18.2 Å². The summed E-state index contributed by atoms with van der Waals surface area (Å²) >= 11 is 0. The molecule has 0 aliphatic carbocycles. The molecule has 0 saturated heterocycles. The fourth-order valence-electron chi connectivity index (χ4n) is 2.66. The van der Waals surface area contributed by atoms with Gasteiger partial charge in [0, 0.05) is 11.3 Å². The molecule has 2 aromatic carbocycles. The van der Waals surface area contributed by atoms with Crippen LogP contribution in [0, 0.1) is 25.2 Å². The van der Waals surface area contributed by atoms with Gasteiger partial charge in [-0.3, -0.25) is 4.79 Å². The summed E-state index contributed by atoms with van der Waals surface area (Å²) in [4.78, 5) is 12.5. The van der Waals surface area contributed by atoms with Crippen molar-refractivity contribution in [2.75, 3.05) is 12.4 Å². The van der Waals surface area contributed by atoms with E-state index in [4.69, 9.17) is 19.3 Å². The number of aromatic nitrogens is 1. The lowest BCUT2D eigenvalue weighted by Crippen LogP contribution is -2.12. The van der Waals surface area contributed by atoms with Crippen LogP contribution in [0.2, 0.25) is 0 Å². The molecular formula is C21H19N3O4. The number of carbonyl (C=O) groups is 1. The molecule has 1 N–H and O–H groups in total. The van der Waals surface area contributed by atoms with Crippen molar-refractivity contribution in [2.24, 2.45) is 0 Å². The molecular weight excluding hydrogens is 358 g/mol. The van der Waals surface area contributed by atoms with Crippen LogP contribution in [0.25, 0.3) is 0 Å². The van der Waals surface area contributed by atoms with Gasteiger partial charge in [-0.1, -0.05) is 11.2 Å². The Balaban J connectivity index is 1.75. The first-order valence-corrected chi connectivity index (χ1v) is 8.56. The predicted molar refractivity (Wildman–Crippen MR) is 102 cm³/mol. The standard InChI is InChI=1S/C21H19N3O4/c1-13-18(14(2)28-24-13)12-27-19-8-7-16(10-20(19)26-3)21(25)23-17-6-4-5-15(9-17)11-22/h4-10H,12H2,1-3H3,(H,23,25). The molecule has 0 aliphatic heterocycles. The Hall–Kier alpha value is -3.79. The number of hydrogen-bond acceptors (Lipinski definition) is 6. The van der Waals surface area contributed by atoms with E-state index in [1.165, 1.54) is 7.11 Å². The van der Waals surface area contributed by atoms with Crippen molar-refractivity contribution in [1.82, 2.24) is 5.16 Å². The van der Waals surface area contributed by atoms with Crippen LogP contribution in [0.3, 0.4) is 0 Å². The maximum absolute atomic E-state index is 12.5. The lowest BCUT2D eigenvalue weighted by Gasteiger charge is -2.12. The van der Waals surface area contributed by atoms with Crippen molar-refractivity contribution in [2.45, 2.75) is 20.5 Å². The van der Waals surface area contributed by atoms with Crippen molar-refractivity contribution in [1.29, 1.82) is 5.26 Å². The summed E-state index contributed by atoms with van der Waals surface area (Å²) in [5, 5.41) is 15.6. The minimum atomic E-state index is -0.314. The molecule has 0 aliphatic rings. The highest BCUT2D eigenvalue weighted by molar-refractivity contribution is 6.04. The van der Waals surface area contributed by atoms with Gasteiger partial charge in [-0.15, -0.1) is 0 Å². The SMILES string of the molecule is COc1cc(C(=O)Nc2cccc(C#N)c2)ccc1OCc1c(C)noc1C.